The van der Waals surface area contributed by atoms with Crippen LogP contribution in [0.1, 0.15) is 62.3 Å². The van der Waals surface area contributed by atoms with Crippen LogP contribution in [0.4, 0.5) is 11.4 Å². The minimum Gasteiger partial charge on any atom is -0.326 e. The summed E-state index contributed by atoms with van der Waals surface area (Å²) < 4.78 is 0. The summed E-state index contributed by atoms with van der Waals surface area (Å²) in [4.78, 5) is 26.4. The normalized spacial score (nSPS) is 11.8. The van der Waals surface area contributed by atoms with Gasteiger partial charge in [-0.1, -0.05) is 75.7 Å². The van der Waals surface area contributed by atoms with E-state index in [-0.39, 0.29) is 11.8 Å². The molecule has 0 bridgehead atoms. The maximum Gasteiger partial charge on any atom is 0.242 e. The van der Waals surface area contributed by atoms with Crippen LogP contribution >= 0.6 is 11.8 Å². The number of nitrogens with one attached hydrogen (secondary N) is 2. The number of carbonyl (C=O) groups excluding carboxylic acids is 2. The maximum atomic E-state index is 13.3. The third-order valence-electron chi connectivity index (χ3n) is 5.31. The summed E-state index contributed by atoms with van der Waals surface area (Å²) in [7, 11) is 0. The van der Waals surface area contributed by atoms with Crippen molar-refractivity contribution in [1.29, 1.82) is 0 Å². The highest BCUT2D eigenvalue weighted by Gasteiger charge is 2.22. The Morgan fingerprint density at radius 1 is 0.818 bits per heavy atom. The molecule has 3 rings (SSSR count). The Bertz CT molecular complexity index is 1050. The molecule has 172 valence electrons. The minimum atomic E-state index is -0.429. The Labute approximate surface area is 201 Å². The van der Waals surface area contributed by atoms with E-state index < -0.39 is 5.25 Å². The molecule has 0 spiro atoms. The third-order valence-corrected chi connectivity index (χ3v) is 6.56. The van der Waals surface area contributed by atoms with Crippen molar-refractivity contribution >= 4 is 35.0 Å². The molecule has 3 aromatic carbocycles. The highest BCUT2D eigenvalue weighted by Crippen LogP contribution is 2.37. The number of amides is 2. The van der Waals surface area contributed by atoms with Gasteiger partial charge in [-0.25, -0.2) is 0 Å². The van der Waals surface area contributed by atoms with Crippen LogP contribution in [0.3, 0.4) is 0 Å². The summed E-state index contributed by atoms with van der Waals surface area (Å²) in [5.74, 6) is 0.374. The standard InChI is InChI=1S/C28H32N2O2S/c1-4-5-14-26(31)29-24-12-9-13-25(19-24)33-27(22-10-7-6-8-11-22)28(32)30-23-17-15-21(16-18-23)20(2)3/h6-13,15-20,27H,4-5,14H2,1-3H3,(H,29,31)(H,30,32). The molecular weight excluding hydrogens is 428 g/mol. The van der Waals surface area contributed by atoms with Gasteiger partial charge in [0.05, 0.1) is 0 Å². The van der Waals surface area contributed by atoms with Crippen molar-refractivity contribution in [3.8, 4) is 0 Å². The van der Waals surface area contributed by atoms with Crippen LogP contribution in [0, 0.1) is 0 Å². The summed E-state index contributed by atoms with van der Waals surface area (Å²) in [6.45, 7) is 6.37. The first-order valence-corrected chi connectivity index (χ1v) is 12.4. The van der Waals surface area contributed by atoms with Gasteiger partial charge in [0, 0.05) is 22.7 Å². The molecule has 0 aliphatic heterocycles. The fourth-order valence-electron chi connectivity index (χ4n) is 3.40. The number of unbranched alkanes of at least 4 members (excludes halogenated alkanes) is 1. The number of hydrogen-bond donors (Lipinski definition) is 2. The maximum absolute atomic E-state index is 13.3. The van der Waals surface area contributed by atoms with E-state index in [1.54, 1.807) is 0 Å². The molecule has 0 aliphatic rings. The Morgan fingerprint density at radius 2 is 1.55 bits per heavy atom. The number of benzene rings is 3. The van der Waals surface area contributed by atoms with Gasteiger partial charge in [-0.3, -0.25) is 9.59 Å². The molecule has 2 amide bonds. The van der Waals surface area contributed by atoms with Crippen molar-refractivity contribution in [2.45, 2.75) is 56.1 Å². The Hall–Kier alpha value is -3.05. The largest absolute Gasteiger partial charge is 0.326 e. The molecule has 0 aliphatic carbocycles. The van der Waals surface area contributed by atoms with Crippen LogP contribution in [0.5, 0.6) is 0 Å². The van der Waals surface area contributed by atoms with Crippen molar-refractivity contribution in [1.82, 2.24) is 0 Å². The van der Waals surface area contributed by atoms with Crippen molar-refractivity contribution in [2.75, 3.05) is 10.6 Å². The fraction of sp³-hybridized carbons (Fsp3) is 0.286. The first-order chi connectivity index (χ1) is 16.0. The van der Waals surface area contributed by atoms with E-state index in [9.17, 15) is 9.59 Å². The summed E-state index contributed by atoms with van der Waals surface area (Å²) in [5, 5.41) is 5.60. The zero-order valence-electron chi connectivity index (χ0n) is 19.5. The number of carbonyl (C=O) groups is 2. The molecule has 33 heavy (non-hydrogen) atoms. The molecular formula is C28H32N2O2S. The highest BCUT2D eigenvalue weighted by atomic mass is 32.2. The molecule has 4 nitrogen and oxygen atoms in total. The number of hydrogen-bond acceptors (Lipinski definition) is 3. The lowest BCUT2D eigenvalue weighted by molar-refractivity contribution is -0.116. The molecule has 0 saturated heterocycles. The monoisotopic (exact) mass is 460 g/mol. The fourth-order valence-corrected chi connectivity index (χ4v) is 4.49. The zero-order chi connectivity index (χ0) is 23.6. The predicted octanol–water partition coefficient (Wildman–Crippen LogP) is 7.41. The highest BCUT2D eigenvalue weighted by molar-refractivity contribution is 8.00. The lowest BCUT2D eigenvalue weighted by atomic mass is 10.0. The van der Waals surface area contributed by atoms with E-state index >= 15 is 0 Å². The van der Waals surface area contributed by atoms with Crippen molar-refractivity contribution < 1.29 is 9.59 Å². The van der Waals surface area contributed by atoms with Gasteiger partial charge in [0.25, 0.3) is 0 Å². The van der Waals surface area contributed by atoms with Crippen LogP contribution in [0.25, 0.3) is 0 Å². The van der Waals surface area contributed by atoms with E-state index in [1.165, 1.54) is 17.3 Å². The van der Waals surface area contributed by atoms with E-state index in [4.69, 9.17) is 0 Å². The first kappa shape index (κ1) is 24.6. The van der Waals surface area contributed by atoms with E-state index in [2.05, 4.69) is 43.5 Å². The molecule has 3 aromatic rings. The lowest BCUT2D eigenvalue weighted by Crippen LogP contribution is -2.19. The van der Waals surface area contributed by atoms with Gasteiger partial charge < -0.3 is 10.6 Å². The Morgan fingerprint density at radius 3 is 2.21 bits per heavy atom. The predicted molar refractivity (Wildman–Crippen MR) is 139 cm³/mol. The van der Waals surface area contributed by atoms with Crippen LogP contribution in [0.2, 0.25) is 0 Å². The van der Waals surface area contributed by atoms with Crippen LogP contribution in [0.15, 0.2) is 83.8 Å². The molecule has 1 unspecified atom stereocenters. The number of anilines is 2. The van der Waals surface area contributed by atoms with Crippen LogP contribution < -0.4 is 10.6 Å². The Balaban J connectivity index is 1.77. The van der Waals surface area contributed by atoms with Gasteiger partial charge in [-0.2, -0.15) is 0 Å². The van der Waals surface area contributed by atoms with E-state index in [0.717, 1.165) is 34.7 Å². The topological polar surface area (TPSA) is 58.2 Å². The van der Waals surface area contributed by atoms with Gasteiger partial charge in [0.2, 0.25) is 11.8 Å². The SMILES string of the molecule is CCCCC(=O)Nc1cccc(SC(C(=O)Nc2ccc(C(C)C)cc2)c2ccccc2)c1. The third kappa shape index (κ3) is 7.50. The molecule has 0 saturated carbocycles. The molecule has 0 heterocycles. The number of rotatable bonds is 10. The molecule has 5 heteroatoms. The minimum absolute atomic E-state index is 0.0150. The second kappa shape index (κ2) is 12.3. The number of thioether (sulfide) groups is 1. The van der Waals surface area contributed by atoms with Crippen molar-refractivity contribution in [3.05, 3.63) is 90.0 Å². The van der Waals surface area contributed by atoms with Crippen molar-refractivity contribution in [3.63, 3.8) is 0 Å². The quantitative estimate of drug-likeness (QED) is 0.310. The summed E-state index contributed by atoms with van der Waals surface area (Å²) in [5.41, 5.74) is 3.69. The second-order valence-electron chi connectivity index (χ2n) is 8.35. The molecule has 0 radical (unpaired) electrons. The Kier molecular flexibility index (Phi) is 9.14. The van der Waals surface area contributed by atoms with Gasteiger partial charge in [0.15, 0.2) is 0 Å². The molecule has 0 aromatic heterocycles. The van der Waals surface area contributed by atoms with Gasteiger partial charge in [-0.05, 0) is 53.8 Å². The van der Waals surface area contributed by atoms with E-state index in [1.807, 2.05) is 66.7 Å². The lowest BCUT2D eigenvalue weighted by Gasteiger charge is -2.18. The van der Waals surface area contributed by atoms with Crippen LogP contribution in [-0.4, -0.2) is 11.8 Å². The average Bonchev–Trinajstić information content (AvgIpc) is 2.82. The molecule has 2 N–H and O–H groups in total. The van der Waals surface area contributed by atoms with Crippen molar-refractivity contribution in [2.24, 2.45) is 0 Å². The zero-order valence-corrected chi connectivity index (χ0v) is 20.3. The van der Waals surface area contributed by atoms with E-state index in [0.29, 0.717) is 12.3 Å². The average molecular weight is 461 g/mol. The molecule has 1 atom stereocenters. The summed E-state index contributed by atoms with van der Waals surface area (Å²) in [6, 6.07) is 25.4. The van der Waals surface area contributed by atoms with Crippen LogP contribution in [-0.2, 0) is 9.59 Å². The first-order valence-electron chi connectivity index (χ1n) is 11.5. The molecule has 0 fully saturated rings. The second-order valence-corrected chi connectivity index (χ2v) is 9.53. The summed E-state index contributed by atoms with van der Waals surface area (Å²) >= 11 is 1.47. The van der Waals surface area contributed by atoms with Gasteiger partial charge in [0.1, 0.15) is 5.25 Å². The smallest absolute Gasteiger partial charge is 0.242 e. The van der Waals surface area contributed by atoms with Gasteiger partial charge >= 0.3 is 0 Å². The van der Waals surface area contributed by atoms with Gasteiger partial charge in [-0.15, -0.1) is 11.8 Å². The summed E-state index contributed by atoms with van der Waals surface area (Å²) in [6.07, 6.45) is 2.37.